The highest BCUT2D eigenvalue weighted by Gasteiger charge is 2.46. The van der Waals surface area contributed by atoms with Gasteiger partial charge in [0, 0.05) is 6.54 Å². The van der Waals surface area contributed by atoms with Crippen LogP contribution in [0.25, 0.3) is 0 Å². The fraction of sp³-hybridized carbons (Fsp3) is 0.857. The zero-order chi connectivity index (χ0) is 14.1. The summed E-state index contributed by atoms with van der Waals surface area (Å²) in [4.78, 5) is 23.5. The van der Waals surface area contributed by atoms with E-state index in [0.29, 0.717) is 31.6 Å². The third-order valence-corrected chi connectivity index (χ3v) is 4.84. The van der Waals surface area contributed by atoms with Crippen molar-refractivity contribution in [1.29, 1.82) is 0 Å². The van der Waals surface area contributed by atoms with E-state index in [2.05, 4.69) is 12.2 Å². The molecule has 0 bridgehead atoms. The molecule has 2 aliphatic carbocycles. The van der Waals surface area contributed by atoms with Crippen LogP contribution in [0.3, 0.4) is 0 Å². The van der Waals surface area contributed by atoms with Crippen LogP contribution in [-0.2, 0) is 9.59 Å². The lowest BCUT2D eigenvalue weighted by Gasteiger charge is -2.40. The van der Waals surface area contributed by atoms with Gasteiger partial charge in [-0.2, -0.15) is 0 Å². The van der Waals surface area contributed by atoms with Crippen LogP contribution in [0, 0.1) is 11.3 Å². The van der Waals surface area contributed by atoms with Crippen molar-refractivity contribution in [1.82, 2.24) is 5.32 Å². The number of carboxylic acid groups (broad SMARTS) is 1. The first kappa shape index (κ1) is 14.3. The number of nitrogens with one attached hydrogen (secondary N) is 1. The summed E-state index contributed by atoms with van der Waals surface area (Å²) >= 11 is 0. The monoisotopic (exact) mass is 268 g/mol. The highest BCUT2D eigenvalue weighted by Crippen LogP contribution is 2.40. The molecule has 5 nitrogen and oxygen atoms in total. The number of amides is 1. The minimum Gasteiger partial charge on any atom is -0.481 e. The first-order chi connectivity index (χ1) is 8.88. The van der Waals surface area contributed by atoms with E-state index in [1.165, 1.54) is 0 Å². The summed E-state index contributed by atoms with van der Waals surface area (Å²) in [7, 11) is 0. The predicted molar refractivity (Wildman–Crippen MR) is 71.5 cm³/mol. The van der Waals surface area contributed by atoms with Gasteiger partial charge < -0.3 is 16.2 Å². The van der Waals surface area contributed by atoms with Crippen molar-refractivity contribution in [3.63, 3.8) is 0 Å². The normalized spacial score (nSPS) is 33.3. The van der Waals surface area contributed by atoms with Gasteiger partial charge in [0.1, 0.15) is 0 Å². The molecule has 2 unspecified atom stereocenters. The van der Waals surface area contributed by atoms with Crippen LogP contribution in [0.15, 0.2) is 0 Å². The molecule has 0 heterocycles. The van der Waals surface area contributed by atoms with Crippen LogP contribution in [0.4, 0.5) is 0 Å². The van der Waals surface area contributed by atoms with Crippen LogP contribution in [0.2, 0.25) is 0 Å². The molecule has 2 aliphatic rings. The Labute approximate surface area is 113 Å². The number of carboxylic acids is 1. The highest BCUT2D eigenvalue weighted by atomic mass is 16.4. The molecule has 0 aliphatic heterocycles. The summed E-state index contributed by atoms with van der Waals surface area (Å²) in [6.07, 6.45) is 5.70. The Morgan fingerprint density at radius 2 is 2.00 bits per heavy atom. The molecule has 5 heteroatoms. The second-order valence-corrected chi connectivity index (χ2v) is 6.48. The Kier molecular flexibility index (Phi) is 3.85. The van der Waals surface area contributed by atoms with Crippen LogP contribution < -0.4 is 11.1 Å². The smallest absolute Gasteiger partial charge is 0.311 e. The van der Waals surface area contributed by atoms with E-state index in [1.807, 2.05) is 0 Å². The number of rotatable bonds is 4. The molecule has 4 N–H and O–H groups in total. The van der Waals surface area contributed by atoms with Crippen molar-refractivity contribution in [2.45, 2.75) is 57.4 Å². The number of carbonyl (C=O) groups is 2. The van der Waals surface area contributed by atoms with Crippen molar-refractivity contribution in [3.8, 4) is 0 Å². The maximum absolute atomic E-state index is 12.2. The molecule has 0 saturated heterocycles. The Morgan fingerprint density at radius 3 is 2.47 bits per heavy atom. The van der Waals surface area contributed by atoms with Gasteiger partial charge in [0.15, 0.2) is 0 Å². The molecule has 0 aromatic rings. The molecule has 108 valence electrons. The van der Waals surface area contributed by atoms with E-state index in [4.69, 9.17) is 5.73 Å². The van der Waals surface area contributed by atoms with Crippen LogP contribution in [-0.4, -0.2) is 29.1 Å². The van der Waals surface area contributed by atoms with E-state index in [9.17, 15) is 14.7 Å². The van der Waals surface area contributed by atoms with Gasteiger partial charge >= 0.3 is 5.97 Å². The first-order valence-electron chi connectivity index (χ1n) is 7.19. The number of hydrogen-bond donors (Lipinski definition) is 3. The third-order valence-electron chi connectivity index (χ3n) is 4.84. The molecular formula is C14H24N2O3. The summed E-state index contributed by atoms with van der Waals surface area (Å²) in [6.45, 7) is 2.33. The van der Waals surface area contributed by atoms with Gasteiger partial charge in [-0.15, -0.1) is 0 Å². The number of aliphatic carboxylic acids is 1. The van der Waals surface area contributed by atoms with E-state index in [1.54, 1.807) is 0 Å². The number of carbonyl (C=O) groups excluding carboxylic acids is 1. The molecule has 19 heavy (non-hydrogen) atoms. The third kappa shape index (κ3) is 2.76. The van der Waals surface area contributed by atoms with Crippen LogP contribution in [0.5, 0.6) is 0 Å². The maximum Gasteiger partial charge on any atom is 0.311 e. The van der Waals surface area contributed by atoms with Gasteiger partial charge in [-0.05, 0) is 31.6 Å². The van der Waals surface area contributed by atoms with Gasteiger partial charge in [-0.3, -0.25) is 9.59 Å². The van der Waals surface area contributed by atoms with Gasteiger partial charge in [-0.25, -0.2) is 0 Å². The highest BCUT2D eigenvalue weighted by molar-refractivity contribution is 5.87. The van der Waals surface area contributed by atoms with E-state index in [0.717, 1.165) is 19.3 Å². The fourth-order valence-corrected chi connectivity index (χ4v) is 3.29. The largest absolute Gasteiger partial charge is 0.481 e. The van der Waals surface area contributed by atoms with Crippen molar-refractivity contribution in [3.05, 3.63) is 0 Å². The molecule has 2 atom stereocenters. The minimum atomic E-state index is -0.804. The SMILES string of the molecule is CC1CCCC(N)(C(=O)NCC2(C(=O)O)CCC2)C1. The molecule has 0 aromatic heterocycles. The van der Waals surface area contributed by atoms with Crippen molar-refractivity contribution >= 4 is 11.9 Å². The molecule has 2 rings (SSSR count). The summed E-state index contributed by atoms with van der Waals surface area (Å²) in [6, 6.07) is 0. The van der Waals surface area contributed by atoms with E-state index >= 15 is 0 Å². The van der Waals surface area contributed by atoms with Crippen molar-refractivity contribution in [2.24, 2.45) is 17.1 Å². The Morgan fingerprint density at radius 1 is 1.32 bits per heavy atom. The van der Waals surface area contributed by atoms with Crippen molar-refractivity contribution in [2.75, 3.05) is 6.54 Å². The Bertz CT molecular complexity index is 379. The topological polar surface area (TPSA) is 92.4 Å². The standard InChI is InChI=1S/C14H24N2O3/c1-10-4-2-7-14(15,8-10)11(17)16-9-13(12(18)19)5-3-6-13/h10H,2-9,15H2,1H3,(H,16,17)(H,18,19). The maximum atomic E-state index is 12.2. The minimum absolute atomic E-state index is 0.174. The summed E-state index contributed by atoms with van der Waals surface area (Å²) in [5.41, 5.74) is 4.65. The lowest BCUT2D eigenvalue weighted by molar-refractivity contribution is -0.154. The Hall–Kier alpha value is -1.10. The number of hydrogen-bond acceptors (Lipinski definition) is 3. The number of nitrogens with two attached hydrogens (primary N) is 1. The first-order valence-corrected chi connectivity index (χ1v) is 7.19. The second kappa shape index (κ2) is 5.12. The van der Waals surface area contributed by atoms with Gasteiger partial charge in [0.2, 0.25) is 5.91 Å². The summed E-state index contributed by atoms with van der Waals surface area (Å²) in [5.74, 6) is -0.518. The predicted octanol–water partition coefficient (Wildman–Crippen LogP) is 1.27. The molecular weight excluding hydrogens is 244 g/mol. The average molecular weight is 268 g/mol. The van der Waals surface area contributed by atoms with Crippen LogP contribution >= 0.6 is 0 Å². The van der Waals surface area contributed by atoms with E-state index < -0.39 is 16.9 Å². The average Bonchev–Trinajstić information content (AvgIpc) is 2.26. The van der Waals surface area contributed by atoms with Gasteiger partial charge in [-0.1, -0.05) is 26.2 Å². The second-order valence-electron chi connectivity index (χ2n) is 6.48. The van der Waals surface area contributed by atoms with Gasteiger partial charge in [0.25, 0.3) is 0 Å². The molecule has 1 amide bonds. The molecule has 0 aromatic carbocycles. The van der Waals surface area contributed by atoms with Gasteiger partial charge in [0.05, 0.1) is 11.0 Å². The molecule has 0 spiro atoms. The zero-order valence-electron chi connectivity index (χ0n) is 11.6. The Balaban J connectivity index is 1.92. The summed E-state index contributed by atoms with van der Waals surface area (Å²) < 4.78 is 0. The molecule has 2 saturated carbocycles. The van der Waals surface area contributed by atoms with Crippen LogP contribution in [0.1, 0.15) is 51.9 Å². The fourth-order valence-electron chi connectivity index (χ4n) is 3.29. The zero-order valence-corrected chi connectivity index (χ0v) is 11.6. The lowest BCUT2D eigenvalue weighted by atomic mass is 9.68. The quantitative estimate of drug-likeness (QED) is 0.715. The van der Waals surface area contributed by atoms with Crippen molar-refractivity contribution < 1.29 is 14.7 Å². The summed E-state index contributed by atoms with van der Waals surface area (Å²) in [5, 5.41) is 12.0. The molecule has 0 radical (unpaired) electrons. The van der Waals surface area contributed by atoms with E-state index in [-0.39, 0.29) is 12.5 Å². The lowest BCUT2D eigenvalue weighted by Crippen LogP contribution is -2.59. The molecule has 2 fully saturated rings.